The van der Waals surface area contributed by atoms with Crippen LogP contribution in [-0.2, 0) is 4.74 Å². The van der Waals surface area contributed by atoms with E-state index in [2.05, 4.69) is 20.5 Å². The summed E-state index contributed by atoms with van der Waals surface area (Å²) in [6.07, 6.45) is 0. The Morgan fingerprint density at radius 2 is 1.94 bits per heavy atom. The molecule has 2 N–H and O–H groups in total. The standard InChI is InChI=1S/C23H28N4O5/c1-2-30-19-6-4-3-5-18(19)25-23(24-9-10-27-11-13-29-14-12-27)26-22(28)17-7-8-20-21(15-17)32-16-31-20/h3-8,15H,2,9-14,16H2,1H3,(H2,24,25,26,28). The highest BCUT2D eigenvalue weighted by Gasteiger charge is 2.18. The first-order valence-corrected chi connectivity index (χ1v) is 10.8. The van der Waals surface area contributed by atoms with E-state index in [1.54, 1.807) is 18.2 Å². The average Bonchev–Trinajstić information content (AvgIpc) is 3.29. The number of nitrogens with one attached hydrogen (secondary N) is 2. The van der Waals surface area contributed by atoms with Crippen molar-refractivity contribution in [2.45, 2.75) is 6.92 Å². The quantitative estimate of drug-likeness (QED) is 0.504. The van der Waals surface area contributed by atoms with Crippen molar-refractivity contribution in [3.63, 3.8) is 0 Å². The zero-order valence-electron chi connectivity index (χ0n) is 18.1. The summed E-state index contributed by atoms with van der Waals surface area (Å²) in [4.78, 5) is 19.9. The van der Waals surface area contributed by atoms with Crippen molar-refractivity contribution >= 4 is 17.6 Å². The molecular formula is C23H28N4O5. The minimum atomic E-state index is -0.296. The van der Waals surface area contributed by atoms with E-state index in [-0.39, 0.29) is 12.7 Å². The fourth-order valence-electron chi connectivity index (χ4n) is 3.43. The molecule has 0 bridgehead atoms. The van der Waals surface area contributed by atoms with Crippen molar-refractivity contribution in [2.24, 2.45) is 4.99 Å². The summed E-state index contributed by atoms with van der Waals surface area (Å²) in [6.45, 7) is 7.16. The summed E-state index contributed by atoms with van der Waals surface area (Å²) in [6, 6.07) is 12.6. The Labute approximate surface area is 187 Å². The predicted molar refractivity (Wildman–Crippen MR) is 121 cm³/mol. The molecule has 2 aliphatic rings. The van der Waals surface area contributed by atoms with Gasteiger partial charge in [-0.05, 0) is 37.3 Å². The van der Waals surface area contributed by atoms with Crippen LogP contribution in [0.1, 0.15) is 17.3 Å². The number of ether oxygens (including phenoxy) is 4. The van der Waals surface area contributed by atoms with E-state index in [4.69, 9.17) is 18.9 Å². The summed E-state index contributed by atoms with van der Waals surface area (Å²) in [5, 5.41) is 6.10. The molecule has 0 aliphatic carbocycles. The number of para-hydroxylation sites is 2. The van der Waals surface area contributed by atoms with Gasteiger partial charge in [0.1, 0.15) is 5.75 Å². The SMILES string of the molecule is CCOc1ccccc1NC(=NCCN1CCOCC1)NC(=O)c1ccc2c(c1)OCO2. The van der Waals surface area contributed by atoms with E-state index in [9.17, 15) is 4.79 Å². The minimum Gasteiger partial charge on any atom is -0.492 e. The molecule has 9 heteroatoms. The molecule has 2 aromatic rings. The molecule has 170 valence electrons. The van der Waals surface area contributed by atoms with E-state index in [1.165, 1.54) is 0 Å². The highest BCUT2D eigenvalue weighted by Crippen LogP contribution is 2.32. The van der Waals surface area contributed by atoms with Gasteiger partial charge in [-0.1, -0.05) is 12.1 Å². The smallest absolute Gasteiger partial charge is 0.258 e. The fraction of sp³-hybridized carbons (Fsp3) is 0.391. The first kappa shape index (κ1) is 21.9. The molecule has 1 amide bonds. The second-order valence-electron chi connectivity index (χ2n) is 7.26. The van der Waals surface area contributed by atoms with E-state index < -0.39 is 0 Å². The number of nitrogens with zero attached hydrogens (tertiary/aromatic N) is 2. The first-order valence-electron chi connectivity index (χ1n) is 10.8. The van der Waals surface area contributed by atoms with Gasteiger partial charge in [-0.3, -0.25) is 20.0 Å². The molecule has 0 saturated carbocycles. The van der Waals surface area contributed by atoms with Crippen LogP contribution >= 0.6 is 0 Å². The zero-order valence-corrected chi connectivity index (χ0v) is 18.1. The number of hydrogen-bond donors (Lipinski definition) is 2. The molecule has 0 atom stereocenters. The van der Waals surface area contributed by atoms with Crippen LogP contribution < -0.4 is 24.8 Å². The van der Waals surface area contributed by atoms with Crippen molar-refractivity contribution in [3.8, 4) is 17.2 Å². The number of carbonyl (C=O) groups is 1. The number of rotatable bonds is 7. The summed E-state index contributed by atoms with van der Waals surface area (Å²) >= 11 is 0. The molecule has 0 radical (unpaired) electrons. The van der Waals surface area contributed by atoms with Crippen molar-refractivity contribution < 1.29 is 23.7 Å². The van der Waals surface area contributed by atoms with Gasteiger partial charge in [0.25, 0.3) is 5.91 Å². The number of carbonyl (C=O) groups excluding carboxylic acids is 1. The number of hydrogen-bond acceptors (Lipinski definition) is 7. The summed E-state index contributed by atoms with van der Waals surface area (Å²) in [7, 11) is 0. The van der Waals surface area contributed by atoms with Gasteiger partial charge in [0, 0.05) is 25.2 Å². The van der Waals surface area contributed by atoms with Gasteiger partial charge < -0.3 is 24.3 Å². The van der Waals surface area contributed by atoms with Gasteiger partial charge in [0.05, 0.1) is 32.1 Å². The lowest BCUT2D eigenvalue weighted by Gasteiger charge is -2.25. The molecular weight excluding hydrogens is 412 g/mol. The Morgan fingerprint density at radius 3 is 2.78 bits per heavy atom. The lowest BCUT2D eigenvalue weighted by molar-refractivity contribution is 0.0394. The van der Waals surface area contributed by atoms with Gasteiger partial charge in [-0.2, -0.15) is 0 Å². The Balaban J connectivity index is 1.48. The number of fused-ring (bicyclic) bond motifs is 1. The second-order valence-corrected chi connectivity index (χ2v) is 7.26. The number of guanidine groups is 1. The Hall–Kier alpha value is -3.30. The number of anilines is 1. The fourth-order valence-corrected chi connectivity index (χ4v) is 3.43. The molecule has 2 heterocycles. The average molecular weight is 441 g/mol. The summed E-state index contributed by atoms with van der Waals surface area (Å²) in [5.74, 6) is 1.93. The number of benzene rings is 2. The molecule has 1 saturated heterocycles. The molecule has 32 heavy (non-hydrogen) atoms. The Bertz CT molecular complexity index is 959. The van der Waals surface area contributed by atoms with Crippen LogP contribution in [0.4, 0.5) is 5.69 Å². The lowest BCUT2D eigenvalue weighted by Crippen LogP contribution is -2.39. The molecule has 2 aliphatic heterocycles. The van der Waals surface area contributed by atoms with Gasteiger partial charge in [-0.15, -0.1) is 0 Å². The molecule has 9 nitrogen and oxygen atoms in total. The van der Waals surface area contributed by atoms with Crippen LogP contribution in [0.5, 0.6) is 17.2 Å². The molecule has 0 unspecified atom stereocenters. The Morgan fingerprint density at radius 1 is 1.12 bits per heavy atom. The zero-order chi connectivity index (χ0) is 22.2. The van der Waals surface area contributed by atoms with Crippen LogP contribution in [0.3, 0.4) is 0 Å². The monoisotopic (exact) mass is 440 g/mol. The normalized spacial score (nSPS) is 16.0. The van der Waals surface area contributed by atoms with Crippen LogP contribution in [0, 0.1) is 0 Å². The third-order valence-electron chi connectivity index (χ3n) is 5.10. The maximum atomic E-state index is 12.9. The molecule has 0 spiro atoms. The van der Waals surface area contributed by atoms with E-state index in [0.717, 1.165) is 38.5 Å². The van der Waals surface area contributed by atoms with Gasteiger partial charge >= 0.3 is 0 Å². The maximum Gasteiger partial charge on any atom is 0.258 e. The van der Waals surface area contributed by atoms with Crippen molar-refractivity contribution in [3.05, 3.63) is 48.0 Å². The maximum absolute atomic E-state index is 12.9. The number of morpholine rings is 1. The van der Waals surface area contributed by atoms with E-state index in [1.807, 2.05) is 31.2 Å². The molecule has 2 aromatic carbocycles. The van der Waals surface area contributed by atoms with E-state index >= 15 is 0 Å². The highest BCUT2D eigenvalue weighted by molar-refractivity contribution is 6.10. The van der Waals surface area contributed by atoms with Crippen molar-refractivity contribution in [1.29, 1.82) is 0 Å². The molecule has 0 aromatic heterocycles. The number of aliphatic imine (C=N–C) groups is 1. The van der Waals surface area contributed by atoms with Gasteiger partial charge in [-0.25, -0.2) is 0 Å². The Kier molecular flexibility index (Phi) is 7.42. The predicted octanol–water partition coefficient (Wildman–Crippen LogP) is 2.34. The largest absolute Gasteiger partial charge is 0.492 e. The first-order chi connectivity index (χ1) is 15.7. The summed E-state index contributed by atoms with van der Waals surface area (Å²) in [5.41, 5.74) is 1.18. The van der Waals surface area contributed by atoms with Crippen LogP contribution in [0.2, 0.25) is 0 Å². The van der Waals surface area contributed by atoms with Crippen LogP contribution in [0.25, 0.3) is 0 Å². The van der Waals surface area contributed by atoms with Crippen molar-refractivity contribution in [2.75, 3.05) is 58.1 Å². The van der Waals surface area contributed by atoms with Gasteiger partial charge in [0.15, 0.2) is 11.5 Å². The minimum absolute atomic E-state index is 0.157. The summed E-state index contributed by atoms with van der Waals surface area (Å²) < 4.78 is 21.8. The number of amides is 1. The van der Waals surface area contributed by atoms with Crippen LogP contribution in [0.15, 0.2) is 47.5 Å². The molecule has 4 rings (SSSR count). The van der Waals surface area contributed by atoms with Gasteiger partial charge in [0.2, 0.25) is 12.8 Å². The van der Waals surface area contributed by atoms with Crippen molar-refractivity contribution in [1.82, 2.24) is 10.2 Å². The third-order valence-corrected chi connectivity index (χ3v) is 5.10. The van der Waals surface area contributed by atoms with E-state index in [0.29, 0.717) is 41.9 Å². The lowest BCUT2D eigenvalue weighted by atomic mass is 10.2. The molecule has 1 fully saturated rings. The topological polar surface area (TPSA) is 93.7 Å². The highest BCUT2D eigenvalue weighted by atomic mass is 16.7. The second kappa shape index (κ2) is 10.8. The third kappa shape index (κ3) is 5.68. The van der Waals surface area contributed by atoms with Crippen LogP contribution in [-0.4, -0.2) is 69.6 Å².